The van der Waals surface area contributed by atoms with Crippen LogP contribution >= 0.6 is 8.03 Å². The van der Waals surface area contributed by atoms with Crippen LogP contribution in [-0.4, -0.2) is 38.0 Å². The minimum absolute atomic E-state index is 0.00959. The third-order valence-electron chi connectivity index (χ3n) is 3.20. The summed E-state index contributed by atoms with van der Waals surface area (Å²) in [4.78, 5) is 23.5. The monoisotopic (exact) mass is 370 g/mol. The number of carbonyl (C=O) groups is 2. The van der Waals surface area contributed by atoms with E-state index in [4.69, 9.17) is 9.47 Å². The average molecular weight is 370 g/mol. The van der Waals surface area contributed by atoms with Crippen molar-refractivity contribution in [3.05, 3.63) is 35.9 Å². The summed E-state index contributed by atoms with van der Waals surface area (Å²) in [6.45, 7) is 4.14. The minimum Gasteiger partial charge on any atom is -0.460 e. The van der Waals surface area contributed by atoms with E-state index in [1.807, 2.05) is 44.2 Å². The molecule has 0 heterocycles. The van der Waals surface area contributed by atoms with Crippen LogP contribution in [0.2, 0.25) is 0 Å². The third-order valence-corrected chi connectivity index (χ3v) is 4.12. The SMILES string of the molecule is CO[P+](=O)CC(=O)OCC(CC(C)C)NC(=O)OCc1ccccc1. The van der Waals surface area contributed by atoms with E-state index in [0.717, 1.165) is 5.56 Å². The lowest BCUT2D eigenvalue weighted by Crippen LogP contribution is -2.40. The summed E-state index contributed by atoms with van der Waals surface area (Å²) in [7, 11) is -0.788. The van der Waals surface area contributed by atoms with Gasteiger partial charge in [-0.1, -0.05) is 44.2 Å². The van der Waals surface area contributed by atoms with Crippen molar-refractivity contribution in [1.29, 1.82) is 0 Å². The molecule has 0 spiro atoms. The average Bonchev–Trinajstić information content (AvgIpc) is 2.58. The van der Waals surface area contributed by atoms with Gasteiger partial charge in [0.25, 0.3) is 6.16 Å². The first-order chi connectivity index (χ1) is 11.9. The van der Waals surface area contributed by atoms with Crippen molar-refractivity contribution in [2.24, 2.45) is 5.92 Å². The molecule has 0 aromatic heterocycles. The highest BCUT2D eigenvalue weighted by Gasteiger charge is 2.24. The molecule has 2 atom stereocenters. The van der Waals surface area contributed by atoms with Crippen LogP contribution in [0.3, 0.4) is 0 Å². The van der Waals surface area contributed by atoms with E-state index < -0.39 is 20.1 Å². The number of alkyl carbamates (subject to hydrolysis) is 1. The maximum absolute atomic E-state index is 11.9. The molecule has 8 heteroatoms. The molecule has 25 heavy (non-hydrogen) atoms. The molecular weight excluding hydrogens is 345 g/mol. The first-order valence-corrected chi connectivity index (χ1v) is 9.38. The first kappa shape index (κ1) is 21.1. The first-order valence-electron chi connectivity index (χ1n) is 8.02. The van der Waals surface area contributed by atoms with Gasteiger partial charge in [0.15, 0.2) is 0 Å². The molecule has 0 aliphatic carbocycles. The van der Waals surface area contributed by atoms with Gasteiger partial charge in [0.05, 0.1) is 13.2 Å². The van der Waals surface area contributed by atoms with Gasteiger partial charge < -0.3 is 14.8 Å². The highest BCUT2D eigenvalue weighted by Crippen LogP contribution is 2.19. The molecule has 0 bridgehead atoms. The van der Waals surface area contributed by atoms with Crippen molar-refractivity contribution in [1.82, 2.24) is 5.32 Å². The van der Waals surface area contributed by atoms with E-state index in [2.05, 4.69) is 9.84 Å². The van der Waals surface area contributed by atoms with Crippen LogP contribution in [0, 0.1) is 5.92 Å². The van der Waals surface area contributed by atoms with E-state index in [1.165, 1.54) is 7.11 Å². The lowest BCUT2D eigenvalue weighted by Gasteiger charge is -2.20. The Balaban J connectivity index is 2.44. The van der Waals surface area contributed by atoms with Crippen LogP contribution in [0.4, 0.5) is 4.79 Å². The molecule has 2 unspecified atom stereocenters. The molecule has 0 fully saturated rings. The fourth-order valence-electron chi connectivity index (χ4n) is 2.08. The number of benzene rings is 1. The van der Waals surface area contributed by atoms with Gasteiger partial charge >= 0.3 is 20.1 Å². The molecule has 1 amide bonds. The van der Waals surface area contributed by atoms with Gasteiger partial charge in [0.1, 0.15) is 13.2 Å². The fourth-order valence-corrected chi connectivity index (χ4v) is 2.51. The Labute approximate surface area is 148 Å². The maximum atomic E-state index is 11.9. The van der Waals surface area contributed by atoms with Crippen LogP contribution in [0.5, 0.6) is 0 Å². The van der Waals surface area contributed by atoms with Crippen LogP contribution in [-0.2, 0) is 30.0 Å². The number of rotatable bonds is 10. The Kier molecular flexibility index (Phi) is 9.73. The van der Waals surface area contributed by atoms with Crippen molar-refractivity contribution in [2.45, 2.75) is 32.9 Å². The molecule has 138 valence electrons. The Morgan fingerprint density at radius 1 is 1.16 bits per heavy atom. The smallest absolute Gasteiger partial charge is 0.460 e. The van der Waals surface area contributed by atoms with Crippen molar-refractivity contribution in [3.8, 4) is 0 Å². The van der Waals surface area contributed by atoms with E-state index in [0.29, 0.717) is 6.42 Å². The van der Waals surface area contributed by atoms with Gasteiger partial charge in [-0.25, -0.2) is 9.59 Å². The van der Waals surface area contributed by atoms with Gasteiger partial charge in [0.2, 0.25) is 0 Å². The second-order valence-corrected chi connectivity index (χ2v) is 7.24. The largest absolute Gasteiger partial charge is 0.519 e. The fraction of sp³-hybridized carbons (Fsp3) is 0.529. The molecular formula is C17H25NO6P+. The Morgan fingerprint density at radius 3 is 2.44 bits per heavy atom. The van der Waals surface area contributed by atoms with Crippen molar-refractivity contribution in [2.75, 3.05) is 19.9 Å². The lowest BCUT2D eigenvalue weighted by atomic mass is 10.0. The molecule has 1 aromatic rings. The lowest BCUT2D eigenvalue weighted by molar-refractivity contribution is -0.141. The Morgan fingerprint density at radius 2 is 1.84 bits per heavy atom. The maximum Gasteiger partial charge on any atom is 0.519 e. The minimum atomic E-state index is -2.05. The summed E-state index contributed by atoms with van der Waals surface area (Å²) < 4.78 is 26.0. The van der Waals surface area contributed by atoms with Crippen LogP contribution in [0.1, 0.15) is 25.8 Å². The summed E-state index contributed by atoms with van der Waals surface area (Å²) in [6, 6.07) is 8.95. The van der Waals surface area contributed by atoms with Gasteiger partial charge in [-0.05, 0) is 22.5 Å². The number of carbonyl (C=O) groups excluding carboxylic acids is 2. The molecule has 0 aliphatic rings. The van der Waals surface area contributed by atoms with Gasteiger partial charge in [0, 0.05) is 0 Å². The van der Waals surface area contributed by atoms with E-state index in [1.54, 1.807) is 0 Å². The number of hydrogen-bond donors (Lipinski definition) is 1. The van der Waals surface area contributed by atoms with Gasteiger partial charge in [-0.3, -0.25) is 0 Å². The highest BCUT2D eigenvalue weighted by atomic mass is 31.1. The second kappa shape index (κ2) is 11.6. The van der Waals surface area contributed by atoms with Gasteiger partial charge in [-0.2, -0.15) is 0 Å². The Bertz CT molecular complexity index is 564. The third kappa shape index (κ3) is 9.79. The molecule has 0 aliphatic heterocycles. The second-order valence-electron chi connectivity index (χ2n) is 5.89. The van der Waals surface area contributed by atoms with Crippen molar-refractivity contribution < 1.29 is 28.2 Å². The normalized spacial score (nSPS) is 12.4. The quantitative estimate of drug-likeness (QED) is 0.502. The van der Waals surface area contributed by atoms with Crippen molar-refractivity contribution in [3.63, 3.8) is 0 Å². The molecule has 0 saturated heterocycles. The standard InChI is InChI=1S/C17H24NO6P/c1-13(2)9-15(11-23-16(19)12-25(21)22-3)18-17(20)24-10-14-7-5-4-6-8-14/h4-8,13,15H,9-12H2,1-3H3/p+1. The van der Waals surface area contributed by atoms with E-state index in [-0.39, 0.29) is 31.3 Å². The molecule has 0 saturated carbocycles. The predicted octanol–water partition coefficient (Wildman–Crippen LogP) is 3.26. The molecule has 1 aromatic carbocycles. The molecule has 0 radical (unpaired) electrons. The topological polar surface area (TPSA) is 90.9 Å². The molecule has 1 rings (SSSR count). The summed E-state index contributed by atoms with van der Waals surface area (Å²) in [5, 5.41) is 2.70. The van der Waals surface area contributed by atoms with Gasteiger partial charge in [-0.15, -0.1) is 4.52 Å². The van der Waals surface area contributed by atoms with Crippen LogP contribution in [0.15, 0.2) is 30.3 Å². The summed E-state index contributed by atoms with van der Waals surface area (Å²) in [5.74, 6) is -0.343. The summed E-state index contributed by atoms with van der Waals surface area (Å²) in [5.41, 5.74) is 0.882. The zero-order valence-electron chi connectivity index (χ0n) is 14.8. The number of amides is 1. The highest BCUT2D eigenvalue weighted by molar-refractivity contribution is 7.40. The predicted molar refractivity (Wildman–Crippen MR) is 93.4 cm³/mol. The van der Waals surface area contributed by atoms with E-state index >= 15 is 0 Å². The number of esters is 1. The van der Waals surface area contributed by atoms with Crippen LogP contribution < -0.4 is 5.32 Å². The summed E-state index contributed by atoms with van der Waals surface area (Å²) in [6.07, 6.45) is -0.267. The number of nitrogens with one attached hydrogen (secondary N) is 1. The molecule has 7 nitrogen and oxygen atoms in total. The zero-order valence-corrected chi connectivity index (χ0v) is 15.7. The van der Waals surface area contributed by atoms with Crippen molar-refractivity contribution >= 4 is 20.1 Å². The van der Waals surface area contributed by atoms with Crippen LogP contribution in [0.25, 0.3) is 0 Å². The number of hydrogen-bond acceptors (Lipinski definition) is 6. The zero-order chi connectivity index (χ0) is 18.7. The number of ether oxygens (including phenoxy) is 2. The molecule has 1 N–H and O–H groups in total. The summed E-state index contributed by atoms with van der Waals surface area (Å²) >= 11 is 0. The van der Waals surface area contributed by atoms with E-state index in [9.17, 15) is 14.2 Å². The Hall–Kier alpha value is -1.98.